The zero-order chi connectivity index (χ0) is 9.00. The van der Waals surface area contributed by atoms with Gasteiger partial charge in [-0.1, -0.05) is 0 Å². The van der Waals surface area contributed by atoms with E-state index in [0.717, 1.165) is 0 Å². The van der Waals surface area contributed by atoms with E-state index in [2.05, 4.69) is 0 Å². The second-order valence-corrected chi connectivity index (χ2v) is 2.27. The Morgan fingerprint density at radius 2 is 0.417 bits per heavy atom. The van der Waals surface area contributed by atoms with E-state index in [4.69, 9.17) is 37.3 Å². The Kier molecular flexibility index (Phi) is 14.8. The highest BCUT2D eigenvalue weighted by atomic mass is 35.7. The molecule has 0 saturated heterocycles. The van der Waals surface area contributed by atoms with E-state index in [-0.39, 0.29) is 12.3 Å². The Labute approximate surface area is 70.9 Å². The lowest BCUT2D eigenvalue weighted by Gasteiger charge is -2.17. The third-order valence-electron chi connectivity index (χ3n) is 0. The van der Waals surface area contributed by atoms with Gasteiger partial charge >= 0.3 is 0 Å². The molecular formula is H8Cl2N2O8. The number of hydrogen-bond acceptors (Lipinski definition) is 8. The molecule has 0 bridgehead atoms. The first-order chi connectivity index (χ1) is 4.00. The van der Waals surface area contributed by atoms with Crippen LogP contribution >= 0.6 is 0 Å². The molecule has 10 nitrogen and oxygen atoms in total. The van der Waals surface area contributed by atoms with Crippen LogP contribution < -0.4 is 49.6 Å². The molecule has 0 atom stereocenters. The van der Waals surface area contributed by atoms with Gasteiger partial charge in [0.15, 0.2) is 0 Å². The van der Waals surface area contributed by atoms with Crippen molar-refractivity contribution >= 4 is 0 Å². The minimum absolute atomic E-state index is 0. The first-order valence-corrected chi connectivity index (χ1v) is 3.70. The van der Waals surface area contributed by atoms with Gasteiger partial charge in [-0.15, -0.1) is 20.5 Å². The van der Waals surface area contributed by atoms with E-state index in [1.807, 2.05) is 0 Å². The Bertz CT molecular complexity index is 58.0. The van der Waals surface area contributed by atoms with E-state index in [9.17, 15) is 0 Å². The van der Waals surface area contributed by atoms with E-state index >= 15 is 0 Å². The Morgan fingerprint density at radius 1 is 0.417 bits per heavy atom. The van der Waals surface area contributed by atoms with Crippen LogP contribution in [0.1, 0.15) is 0 Å². The summed E-state index contributed by atoms with van der Waals surface area (Å²) in [5.74, 6) is 0. The highest BCUT2D eigenvalue weighted by molar-refractivity contribution is 2.14. The second kappa shape index (κ2) is 7.81. The third-order valence-corrected chi connectivity index (χ3v) is 0. The average Bonchev–Trinajstić information content (AvgIpc) is 1.12. The molecule has 80 valence electrons. The zero-order valence-electron chi connectivity index (χ0n) is 6.02. The average molecular weight is 235 g/mol. The number of halogens is 2. The van der Waals surface area contributed by atoms with Gasteiger partial charge in [0.2, 0.25) is 0 Å². The van der Waals surface area contributed by atoms with Crippen LogP contribution in [-0.4, -0.2) is 0 Å². The fourth-order valence-corrected chi connectivity index (χ4v) is 0. The summed E-state index contributed by atoms with van der Waals surface area (Å²) in [7, 11) is -9.89. The fourth-order valence-electron chi connectivity index (χ4n) is 0. The summed E-state index contributed by atoms with van der Waals surface area (Å²) in [6, 6.07) is 0. The lowest BCUT2D eigenvalue weighted by molar-refractivity contribution is -2.00. The Balaban J connectivity index is -0.0000000457. The molecule has 0 aromatic rings. The minimum atomic E-state index is -4.94. The first kappa shape index (κ1) is 22.8. The van der Waals surface area contributed by atoms with Crippen molar-refractivity contribution in [2.45, 2.75) is 0 Å². The molecule has 0 aliphatic heterocycles. The second-order valence-electron chi connectivity index (χ2n) is 0.756. The molecule has 8 N–H and O–H groups in total. The van der Waals surface area contributed by atoms with Crippen LogP contribution in [0.25, 0.3) is 0 Å². The van der Waals surface area contributed by atoms with E-state index in [1.165, 1.54) is 0 Å². The molecule has 12 heteroatoms. The van der Waals surface area contributed by atoms with Crippen LogP contribution in [0.2, 0.25) is 0 Å². The highest BCUT2D eigenvalue weighted by Crippen LogP contribution is 1.50. The molecule has 0 aliphatic carbocycles. The Morgan fingerprint density at radius 3 is 0.417 bits per heavy atom. The van der Waals surface area contributed by atoms with Crippen molar-refractivity contribution in [3.05, 3.63) is 0 Å². The normalized spacial score (nSPS) is 10.0. The molecule has 0 spiro atoms. The van der Waals surface area contributed by atoms with Crippen molar-refractivity contribution < 1.29 is 57.8 Å². The summed E-state index contributed by atoms with van der Waals surface area (Å²) in [5, 5.41) is 0. The predicted octanol–water partition coefficient (Wildman–Crippen LogP) is -8.76. The summed E-state index contributed by atoms with van der Waals surface area (Å²) in [5.41, 5.74) is 0. The Hall–Kier alpha value is 0.180. The van der Waals surface area contributed by atoms with Gasteiger partial charge in [0.25, 0.3) is 0 Å². The van der Waals surface area contributed by atoms with Crippen molar-refractivity contribution in [2.24, 2.45) is 0 Å². The standard InChI is InChI=1S/2ClHO4.2H3N/c2*2-1(3,4)5;;/h2*(H,2,3,4,5);2*1H3. The van der Waals surface area contributed by atoms with Gasteiger partial charge < -0.3 is 12.3 Å². The predicted molar refractivity (Wildman–Crippen MR) is 12.0 cm³/mol. The van der Waals surface area contributed by atoms with Gasteiger partial charge in [0.05, 0.1) is 0 Å². The van der Waals surface area contributed by atoms with E-state index in [1.54, 1.807) is 0 Å². The van der Waals surface area contributed by atoms with Crippen molar-refractivity contribution in [1.29, 1.82) is 0 Å². The maximum Gasteiger partial charge on any atom is -0.112 e. The van der Waals surface area contributed by atoms with Gasteiger partial charge in [0, 0.05) is 0 Å². The van der Waals surface area contributed by atoms with Gasteiger partial charge in [-0.25, -0.2) is 37.3 Å². The van der Waals surface area contributed by atoms with Crippen LogP contribution in [0, 0.1) is 20.5 Å². The van der Waals surface area contributed by atoms with Gasteiger partial charge in [0.1, 0.15) is 0 Å². The van der Waals surface area contributed by atoms with Crippen LogP contribution in [0.15, 0.2) is 0 Å². The van der Waals surface area contributed by atoms with Crippen molar-refractivity contribution in [1.82, 2.24) is 12.3 Å². The molecule has 0 aliphatic rings. The molecule has 0 saturated carbocycles. The molecule has 0 heterocycles. The molecule has 0 radical (unpaired) electrons. The topological polar surface area (TPSA) is 257 Å². The summed E-state index contributed by atoms with van der Waals surface area (Å²) in [6.45, 7) is 0. The number of quaternary nitrogens is 2. The number of hydrogen-bond donors (Lipinski definition) is 2. The summed E-state index contributed by atoms with van der Waals surface area (Å²) in [4.78, 5) is 0. The molecular weight excluding hydrogens is 227 g/mol. The quantitative estimate of drug-likeness (QED) is 0.405. The lowest BCUT2D eigenvalue weighted by atomic mass is 14.0. The van der Waals surface area contributed by atoms with E-state index in [0.29, 0.717) is 0 Å². The van der Waals surface area contributed by atoms with Crippen LogP contribution in [0.5, 0.6) is 0 Å². The van der Waals surface area contributed by atoms with Crippen LogP contribution in [0.4, 0.5) is 0 Å². The summed E-state index contributed by atoms with van der Waals surface area (Å²) >= 11 is 0. The van der Waals surface area contributed by atoms with Gasteiger partial charge in [-0.2, -0.15) is 0 Å². The van der Waals surface area contributed by atoms with Crippen LogP contribution in [0.3, 0.4) is 0 Å². The minimum Gasteiger partial charge on any atom is -0.369 e. The molecule has 0 unspecified atom stereocenters. The van der Waals surface area contributed by atoms with E-state index < -0.39 is 20.5 Å². The van der Waals surface area contributed by atoms with Gasteiger partial charge in [-0.3, -0.25) is 0 Å². The summed E-state index contributed by atoms with van der Waals surface area (Å²) < 4.78 is 67.9. The maximum absolute atomic E-state index is 8.49. The SMILES string of the molecule is [NH4+].[NH4+].[O-][Cl+3]([O-])([O-])[O-].[O-][Cl+3]([O-])([O-])[O-]. The van der Waals surface area contributed by atoms with Crippen molar-refractivity contribution in [2.75, 3.05) is 0 Å². The third kappa shape index (κ3) is 26500. The molecule has 0 aromatic heterocycles. The largest absolute Gasteiger partial charge is 0.369 e. The van der Waals surface area contributed by atoms with Gasteiger partial charge in [-0.05, 0) is 0 Å². The maximum atomic E-state index is 8.49. The lowest BCUT2D eigenvalue weighted by Crippen LogP contribution is -2.68. The molecule has 0 fully saturated rings. The number of rotatable bonds is 0. The zero-order valence-corrected chi connectivity index (χ0v) is 7.53. The monoisotopic (exact) mass is 234 g/mol. The van der Waals surface area contributed by atoms with Crippen molar-refractivity contribution in [3.63, 3.8) is 0 Å². The van der Waals surface area contributed by atoms with Crippen molar-refractivity contribution in [3.8, 4) is 0 Å². The highest BCUT2D eigenvalue weighted by Gasteiger charge is 1.84. The fraction of sp³-hybridized carbons (Fsp3) is 0. The van der Waals surface area contributed by atoms with Crippen LogP contribution in [-0.2, 0) is 0 Å². The first-order valence-electron chi connectivity index (χ1n) is 1.23. The molecule has 0 amide bonds. The smallest absolute Gasteiger partial charge is 0.112 e. The summed E-state index contributed by atoms with van der Waals surface area (Å²) in [6.07, 6.45) is 0. The molecule has 12 heavy (non-hydrogen) atoms. The molecule has 0 aromatic carbocycles. The molecule has 0 rings (SSSR count).